The third-order valence-electron chi connectivity index (χ3n) is 2.71. The Morgan fingerprint density at radius 3 is 2.71 bits per heavy atom. The molecule has 0 saturated heterocycles. The fraction of sp³-hybridized carbons (Fsp3) is 0.250. The van der Waals surface area contributed by atoms with Gasteiger partial charge in [0, 0.05) is 0 Å². The van der Waals surface area contributed by atoms with Crippen LogP contribution in [-0.4, -0.2) is 22.5 Å². The maximum Gasteiger partial charge on any atom is 0.209 e. The number of ether oxygens (including phenoxy) is 1. The van der Waals surface area contributed by atoms with E-state index in [9.17, 15) is 4.79 Å². The van der Waals surface area contributed by atoms with Gasteiger partial charge in [0.2, 0.25) is 5.78 Å². The second-order valence-corrected chi connectivity index (χ2v) is 4.48. The molecule has 88 valence electrons. The van der Waals surface area contributed by atoms with Crippen LogP contribution in [0.25, 0.3) is 0 Å². The Morgan fingerprint density at radius 2 is 2.12 bits per heavy atom. The van der Waals surface area contributed by atoms with Crippen LogP contribution in [0.15, 0.2) is 18.3 Å². The van der Waals surface area contributed by atoms with Gasteiger partial charge in [-0.15, -0.1) is 5.10 Å². The SMILES string of the molecule is COc1c(C(=O)c2cnns2)ccc(C)c1C. The average Bonchev–Trinajstić information content (AvgIpc) is 2.85. The molecule has 0 unspecified atom stereocenters. The molecule has 0 aliphatic heterocycles. The maximum absolute atomic E-state index is 12.2. The summed E-state index contributed by atoms with van der Waals surface area (Å²) in [6, 6.07) is 3.70. The molecular formula is C12H12N2O2S. The molecule has 1 heterocycles. The van der Waals surface area contributed by atoms with Crippen LogP contribution in [-0.2, 0) is 0 Å². The molecule has 1 aromatic heterocycles. The van der Waals surface area contributed by atoms with Crippen molar-refractivity contribution in [2.75, 3.05) is 7.11 Å². The first-order valence-corrected chi connectivity index (χ1v) is 5.88. The summed E-state index contributed by atoms with van der Waals surface area (Å²) in [5, 5.41) is 3.67. The molecule has 17 heavy (non-hydrogen) atoms. The molecule has 0 N–H and O–H groups in total. The van der Waals surface area contributed by atoms with Gasteiger partial charge >= 0.3 is 0 Å². The van der Waals surface area contributed by atoms with Gasteiger partial charge in [-0.2, -0.15) is 0 Å². The van der Waals surface area contributed by atoms with Gasteiger partial charge in [0.15, 0.2) is 0 Å². The fourth-order valence-electron chi connectivity index (χ4n) is 1.63. The van der Waals surface area contributed by atoms with Crippen molar-refractivity contribution in [3.05, 3.63) is 39.9 Å². The Balaban J connectivity index is 2.53. The summed E-state index contributed by atoms with van der Waals surface area (Å²) in [6.07, 6.45) is 1.47. The van der Waals surface area contributed by atoms with E-state index in [-0.39, 0.29) is 5.78 Å². The van der Waals surface area contributed by atoms with Crippen LogP contribution in [0.2, 0.25) is 0 Å². The van der Waals surface area contributed by atoms with E-state index in [1.807, 2.05) is 19.9 Å². The highest BCUT2D eigenvalue weighted by molar-refractivity contribution is 7.08. The van der Waals surface area contributed by atoms with Crippen molar-refractivity contribution in [2.24, 2.45) is 0 Å². The molecule has 2 aromatic rings. The molecule has 0 aliphatic rings. The number of aromatic nitrogens is 2. The van der Waals surface area contributed by atoms with Crippen LogP contribution in [0.1, 0.15) is 26.4 Å². The molecule has 0 atom stereocenters. The van der Waals surface area contributed by atoms with Crippen molar-refractivity contribution < 1.29 is 9.53 Å². The summed E-state index contributed by atoms with van der Waals surface area (Å²) in [6.45, 7) is 3.93. The second kappa shape index (κ2) is 4.63. The van der Waals surface area contributed by atoms with Crippen LogP contribution < -0.4 is 4.74 Å². The van der Waals surface area contributed by atoms with E-state index in [0.717, 1.165) is 22.7 Å². The lowest BCUT2D eigenvalue weighted by Crippen LogP contribution is -2.04. The standard InChI is InChI=1S/C12H12N2O2S/c1-7-4-5-9(12(16-3)8(7)2)11(15)10-6-13-14-17-10/h4-6H,1-3H3. The number of aryl methyl sites for hydroxylation is 1. The normalized spacial score (nSPS) is 10.3. The van der Waals surface area contributed by atoms with E-state index in [2.05, 4.69) is 9.59 Å². The zero-order valence-corrected chi connectivity index (χ0v) is 10.7. The number of nitrogens with zero attached hydrogens (tertiary/aromatic N) is 2. The average molecular weight is 248 g/mol. The van der Waals surface area contributed by atoms with E-state index in [1.165, 1.54) is 6.20 Å². The van der Waals surface area contributed by atoms with Gasteiger partial charge in [-0.25, -0.2) is 0 Å². The molecule has 0 radical (unpaired) electrons. The molecule has 0 amide bonds. The number of hydrogen-bond acceptors (Lipinski definition) is 5. The predicted octanol–water partition coefficient (Wildman–Crippen LogP) is 2.39. The van der Waals surface area contributed by atoms with Crippen LogP contribution in [0, 0.1) is 13.8 Å². The molecule has 4 nitrogen and oxygen atoms in total. The maximum atomic E-state index is 12.2. The number of benzene rings is 1. The molecule has 0 aliphatic carbocycles. The Labute approximate surface area is 103 Å². The minimum atomic E-state index is -0.0973. The Bertz CT molecular complexity index is 550. The number of carbonyl (C=O) groups excluding carboxylic acids is 1. The Kier molecular flexibility index (Phi) is 3.19. The van der Waals surface area contributed by atoms with Crippen molar-refractivity contribution in [2.45, 2.75) is 13.8 Å². The van der Waals surface area contributed by atoms with Crippen LogP contribution >= 0.6 is 11.5 Å². The highest BCUT2D eigenvalue weighted by atomic mass is 32.1. The largest absolute Gasteiger partial charge is 0.496 e. The molecule has 0 spiro atoms. The van der Waals surface area contributed by atoms with Crippen LogP contribution in [0.3, 0.4) is 0 Å². The van der Waals surface area contributed by atoms with Crippen molar-refractivity contribution in [1.29, 1.82) is 0 Å². The van der Waals surface area contributed by atoms with Crippen LogP contribution in [0.5, 0.6) is 5.75 Å². The van der Waals surface area contributed by atoms with Crippen molar-refractivity contribution in [1.82, 2.24) is 9.59 Å². The highest BCUT2D eigenvalue weighted by Crippen LogP contribution is 2.28. The second-order valence-electron chi connectivity index (χ2n) is 3.70. The summed E-state index contributed by atoms with van der Waals surface area (Å²) >= 11 is 1.09. The molecule has 1 aromatic carbocycles. The summed E-state index contributed by atoms with van der Waals surface area (Å²) in [4.78, 5) is 12.7. The number of ketones is 1. The third-order valence-corrected chi connectivity index (χ3v) is 3.37. The van der Waals surface area contributed by atoms with Gasteiger partial charge in [0.1, 0.15) is 10.6 Å². The van der Waals surface area contributed by atoms with E-state index in [1.54, 1.807) is 13.2 Å². The van der Waals surface area contributed by atoms with Crippen molar-refractivity contribution >= 4 is 17.3 Å². The molecular weight excluding hydrogens is 236 g/mol. The van der Waals surface area contributed by atoms with E-state index >= 15 is 0 Å². The third kappa shape index (κ3) is 2.06. The van der Waals surface area contributed by atoms with E-state index < -0.39 is 0 Å². The first-order valence-electron chi connectivity index (χ1n) is 5.11. The first kappa shape index (κ1) is 11.7. The lowest BCUT2D eigenvalue weighted by atomic mass is 10.0. The zero-order chi connectivity index (χ0) is 12.4. The number of carbonyl (C=O) groups is 1. The predicted molar refractivity (Wildman–Crippen MR) is 65.8 cm³/mol. The number of hydrogen-bond donors (Lipinski definition) is 0. The lowest BCUT2D eigenvalue weighted by molar-refractivity contribution is 0.103. The van der Waals surface area contributed by atoms with Gasteiger partial charge in [-0.05, 0) is 42.6 Å². The van der Waals surface area contributed by atoms with Gasteiger partial charge in [0.25, 0.3) is 0 Å². The minimum Gasteiger partial charge on any atom is -0.496 e. The first-order chi connectivity index (χ1) is 8.15. The summed E-state index contributed by atoms with van der Waals surface area (Å²) in [5.41, 5.74) is 2.64. The zero-order valence-electron chi connectivity index (χ0n) is 9.85. The Morgan fingerprint density at radius 1 is 1.35 bits per heavy atom. The minimum absolute atomic E-state index is 0.0973. The summed E-state index contributed by atoms with van der Waals surface area (Å²) in [5.74, 6) is 0.531. The Hall–Kier alpha value is -1.75. The van der Waals surface area contributed by atoms with Gasteiger partial charge in [-0.1, -0.05) is 10.6 Å². The quantitative estimate of drug-likeness (QED) is 0.783. The lowest BCUT2D eigenvalue weighted by Gasteiger charge is -2.11. The topological polar surface area (TPSA) is 52.1 Å². The van der Waals surface area contributed by atoms with Gasteiger partial charge in [-0.3, -0.25) is 4.79 Å². The van der Waals surface area contributed by atoms with Gasteiger partial charge < -0.3 is 4.74 Å². The van der Waals surface area contributed by atoms with Crippen LogP contribution in [0.4, 0.5) is 0 Å². The van der Waals surface area contributed by atoms with Crippen molar-refractivity contribution in [3.63, 3.8) is 0 Å². The molecule has 2 rings (SSSR count). The molecule has 5 heteroatoms. The fourth-order valence-corrected chi connectivity index (χ4v) is 2.10. The highest BCUT2D eigenvalue weighted by Gasteiger charge is 2.18. The van der Waals surface area contributed by atoms with Gasteiger partial charge in [0.05, 0.1) is 18.9 Å². The summed E-state index contributed by atoms with van der Waals surface area (Å²) in [7, 11) is 1.57. The smallest absolute Gasteiger partial charge is 0.209 e. The number of rotatable bonds is 3. The van der Waals surface area contributed by atoms with E-state index in [0.29, 0.717) is 16.2 Å². The molecule has 0 fully saturated rings. The van der Waals surface area contributed by atoms with E-state index in [4.69, 9.17) is 4.74 Å². The molecule has 0 bridgehead atoms. The monoisotopic (exact) mass is 248 g/mol. The number of methoxy groups -OCH3 is 1. The summed E-state index contributed by atoms with van der Waals surface area (Å²) < 4.78 is 9.01. The van der Waals surface area contributed by atoms with Crippen molar-refractivity contribution in [3.8, 4) is 5.75 Å². The molecule has 0 saturated carbocycles.